The van der Waals surface area contributed by atoms with Crippen molar-refractivity contribution in [1.82, 2.24) is 25.0 Å². The molecule has 152 valence electrons. The summed E-state index contributed by atoms with van der Waals surface area (Å²) in [6.45, 7) is 5.87. The minimum atomic E-state index is 0.223. The van der Waals surface area contributed by atoms with Gasteiger partial charge in [-0.25, -0.2) is 0 Å². The second-order valence-electron chi connectivity index (χ2n) is 7.01. The van der Waals surface area contributed by atoms with Gasteiger partial charge in [0, 0.05) is 44.7 Å². The fraction of sp³-hybridized carbons (Fsp3) is 0.550. The zero-order chi connectivity index (χ0) is 19.8. The number of aryl methyl sites for hydroxylation is 1. The Bertz CT molecular complexity index is 772. The Balaban J connectivity index is 1.62. The van der Waals surface area contributed by atoms with E-state index in [2.05, 4.69) is 38.0 Å². The van der Waals surface area contributed by atoms with Crippen LogP contribution in [-0.2, 0) is 24.2 Å². The molecule has 0 amide bonds. The number of nitrogens with one attached hydrogen (secondary N) is 1. The lowest BCUT2D eigenvalue weighted by molar-refractivity contribution is 0.117. The van der Waals surface area contributed by atoms with Gasteiger partial charge in [-0.3, -0.25) is 4.99 Å². The second-order valence-corrected chi connectivity index (χ2v) is 7.44. The summed E-state index contributed by atoms with van der Waals surface area (Å²) in [5, 5.41) is 12.4. The predicted octanol–water partition coefficient (Wildman–Crippen LogP) is 2.75. The molecule has 1 aliphatic rings. The number of nitrogens with zero attached hydrogens (tertiary/aromatic N) is 5. The Morgan fingerprint density at radius 2 is 2.36 bits per heavy atom. The average molecular weight is 405 g/mol. The Kier molecular flexibility index (Phi) is 7.68. The van der Waals surface area contributed by atoms with Crippen LogP contribution >= 0.6 is 11.6 Å². The van der Waals surface area contributed by atoms with Gasteiger partial charge in [0.25, 0.3) is 0 Å². The molecule has 1 atom stereocenters. The first-order valence-corrected chi connectivity index (χ1v) is 10.3. The highest BCUT2D eigenvalue weighted by molar-refractivity contribution is 6.30. The van der Waals surface area contributed by atoms with Crippen molar-refractivity contribution in [2.75, 3.05) is 26.7 Å². The van der Waals surface area contributed by atoms with Crippen molar-refractivity contribution < 1.29 is 4.74 Å². The Labute approximate surface area is 171 Å². The van der Waals surface area contributed by atoms with Crippen LogP contribution in [0.5, 0.6) is 0 Å². The van der Waals surface area contributed by atoms with Gasteiger partial charge in [-0.1, -0.05) is 30.7 Å². The van der Waals surface area contributed by atoms with Crippen molar-refractivity contribution in [3.8, 4) is 0 Å². The van der Waals surface area contributed by atoms with Crippen LogP contribution in [0.4, 0.5) is 0 Å². The molecule has 1 N–H and O–H groups in total. The van der Waals surface area contributed by atoms with E-state index in [1.165, 1.54) is 0 Å². The van der Waals surface area contributed by atoms with Gasteiger partial charge in [0.2, 0.25) is 0 Å². The number of aliphatic imine (C=N–C) groups is 1. The van der Waals surface area contributed by atoms with Crippen LogP contribution in [0.1, 0.15) is 31.2 Å². The number of guanidine groups is 1. The molecule has 2 aromatic rings. The third-order valence-electron chi connectivity index (χ3n) is 4.79. The largest absolute Gasteiger partial charge is 0.376 e. The Morgan fingerprint density at radius 3 is 3.11 bits per heavy atom. The van der Waals surface area contributed by atoms with Crippen molar-refractivity contribution in [2.45, 2.75) is 45.4 Å². The highest BCUT2D eigenvalue weighted by atomic mass is 35.5. The third-order valence-corrected chi connectivity index (χ3v) is 5.02. The van der Waals surface area contributed by atoms with Gasteiger partial charge < -0.3 is 19.5 Å². The molecular weight excluding hydrogens is 376 g/mol. The van der Waals surface area contributed by atoms with Crippen LogP contribution in [0.25, 0.3) is 0 Å². The fourth-order valence-corrected chi connectivity index (χ4v) is 3.51. The second kappa shape index (κ2) is 10.4. The van der Waals surface area contributed by atoms with Crippen molar-refractivity contribution in [1.29, 1.82) is 0 Å². The van der Waals surface area contributed by atoms with E-state index in [-0.39, 0.29) is 6.10 Å². The van der Waals surface area contributed by atoms with E-state index in [1.807, 2.05) is 25.2 Å². The highest BCUT2D eigenvalue weighted by Crippen LogP contribution is 2.14. The molecule has 0 bridgehead atoms. The predicted molar refractivity (Wildman–Crippen MR) is 112 cm³/mol. The lowest BCUT2D eigenvalue weighted by Gasteiger charge is -2.23. The van der Waals surface area contributed by atoms with Gasteiger partial charge in [0.15, 0.2) is 5.96 Å². The van der Waals surface area contributed by atoms with Crippen LogP contribution in [0, 0.1) is 0 Å². The first-order valence-electron chi connectivity index (χ1n) is 9.88. The van der Waals surface area contributed by atoms with Crippen LogP contribution in [-0.4, -0.2) is 58.5 Å². The van der Waals surface area contributed by atoms with Crippen molar-refractivity contribution in [3.63, 3.8) is 0 Å². The maximum absolute atomic E-state index is 6.13. The number of halogens is 1. The fourth-order valence-electron chi connectivity index (χ4n) is 3.30. The smallest absolute Gasteiger partial charge is 0.194 e. The molecule has 1 aromatic carbocycles. The lowest BCUT2D eigenvalue weighted by Crippen LogP contribution is -2.40. The summed E-state index contributed by atoms with van der Waals surface area (Å²) < 4.78 is 7.79. The number of hydrogen-bond acceptors (Lipinski definition) is 4. The maximum atomic E-state index is 6.13. The molecule has 7 nitrogen and oxygen atoms in total. The van der Waals surface area contributed by atoms with Crippen molar-refractivity contribution in [2.24, 2.45) is 4.99 Å². The minimum Gasteiger partial charge on any atom is -0.376 e. The molecule has 1 saturated heterocycles. The number of benzene rings is 1. The van der Waals surface area contributed by atoms with E-state index in [4.69, 9.17) is 21.3 Å². The molecule has 28 heavy (non-hydrogen) atoms. The van der Waals surface area contributed by atoms with Gasteiger partial charge in [-0.05, 0) is 30.5 Å². The first-order chi connectivity index (χ1) is 13.7. The van der Waals surface area contributed by atoms with E-state index in [0.717, 1.165) is 67.9 Å². The molecule has 1 unspecified atom stereocenters. The molecule has 0 saturated carbocycles. The molecule has 1 fully saturated rings. The van der Waals surface area contributed by atoms with Gasteiger partial charge >= 0.3 is 0 Å². The number of hydrogen-bond donors (Lipinski definition) is 1. The zero-order valence-corrected chi connectivity index (χ0v) is 17.4. The topological polar surface area (TPSA) is 67.6 Å². The third kappa shape index (κ3) is 5.94. The molecule has 2 heterocycles. The summed E-state index contributed by atoms with van der Waals surface area (Å²) in [5.74, 6) is 1.86. The van der Waals surface area contributed by atoms with Crippen LogP contribution < -0.4 is 5.32 Å². The van der Waals surface area contributed by atoms with Crippen molar-refractivity contribution >= 4 is 17.6 Å². The summed E-state index contributed by atoms with van der Waals surface area (Å²) in [6, 6.07) is 7.92. The first kappa shape index (κ1) is 20.6. The normalized spacial score (nSPS) is 17.1. The number of rotatable bonds is 8. The summed E-state index contributed by atoms with van der Waals surface area (Å²) in [7, 11) is 2.04. The summed E-state index contributed by atoms with van der Waals surface area (Å²) in [5.41, 5.74) is 1.15. The summed E-state index contributed by atoms with van der Waals surface area (Å²) in [6.07, 6.45) is 5.07. The Hall–Kier alpha value is -2.12. The molecule has 1 aromatic heterocycles. The molecule has 1 aliphatic heterocycles. The van der Waals surface area contributed by atoms with Gasteiger partial charge in [-0.15, -0.1) is 10.2 Å². The van der Waals surface area contributed by atoms with E-state index in [0.29, 0.717) is 6.54 Å². The average Bonchev–Trinajstić information content (AvgIpc) is 3.36. The van der Waals surface area contributed by atoms with E-state index in [1.54, 1.807) is 6.33 Å². The standard InChI is InChI=1S/C20H29ClN6O/c1-3-19-25-24-15-27(19)10-9-22-20(23-13-18-8-5-11-28-18)26(2)14-16-6-4-7-17(21)12-16/h4,6-7,12,15,18H,3,5,8-11,13-14H2,1-2H3,(H,22,23). The van der Waals surface area contributed by atoms with Crippen LogP contribution in [0.2, 0.25) is 5.02 Å². The number of ether oxygens (including phenoxy) is 1. The lowest BCUT2D eigenvalue weighted by atomic mass is 10.2. The molecule has 0 radical (unpaired) electrons. The molecule has 0 aliphatic carbocycles. The van der Waals surface area contributed by atoms with Crippen LogP contribution in [0.3, 0.4) is 0 Å². The van der Waals surface area contributed by atoms with Crippen LogP contribution in [0.15, 0.2) is 35.6 Å². The Morgan fingerprint density at radius 1 is 1.46 bits per heavy atom. The maximum Gasteiger partial charge on any atom is 0.194 e. The van der Waals surface area contributed by atoms with E-state index in [9.17, 15) is 0 Å². The zero-order valence-electron chi connectivity index (χ0n) is 16.6. The summed E-state index contributed by atoms with van der Waals surface area (Å²) in [4.78, 5) is 6.94. The van der Waals surface area contributed by atoms with Gasteiger partial charge in [0.05, 0.1) is 12.6 Å². The highest BCUT2D eigenvalue weighted by Gasteiger charge is 2.16. The SMILES string of the molecule is CCc1nncn1CCNC(=NCC1CCCO1)N(C)Cc1cccc(Cl)c1. The molecule has 3 rings (SSSR count). The van der Waals surface area contributed by atoms with E-state index < -0.39 is 0 Å². The molecule has 0 spiro atoms. The minimum absolute atomic E-state index is 0.223. The molecular formula is C20H29ClN6O. The van der Waals surface area contributed by atoms with E-state index >= 15 is 0 Å². The van der Waals surface area contributed by atoms with Gasteiger partial charge in [0.1, 0.15) is 12.2 Å². The molecule has 8 heteroatoms. The number of aromatic nitrogens is 3. The van der Waals surface area contributed by atoms with Gasteiger partial charge in [-0.2, -0.15) is 0 Å². The van der Waals surface area contributed by atoms with Crippen molar-refractivity contribution in [3.05, 3.63) is 47.0 Å². The monoisotopic (exact) mass is 404 g/mol. The summed E-state index contributed by atoms with van der Waals surface area (Å²) >= 11 is 6.13. The quantitative estimate of drug-likeness (QED) is 0.541.